The first-order chi connectivity index (χ1) is 11.5. The minimum Gasteiger partial charge on any atom is -0.326 e. The van der Waals surface area contributed by atoms with Crippen molar-refractivity contribution in [3.05, 3.63) is 59.4 Å². The van der Waals surface area contributed by atoms with E-state index in [1.165, 1.54) is 25.1 Å². The fourth-order valence-electron chi connectivity index (χ4n) is 2.12. The third-order valence-corrected chi connectivity index (χ3v) is 3.28. The summed E-state index contributed by atoms with van der Waals surface area (Å²) < 4.78 is 13.8. The fourth-order valence-corrected chi connectivity index (χ4v) is 2.12. The number of anilines is 2. The molecule has 5 nitrogen and oxygen atoms in total. The van der Waals surface area contributed by atoms with E-state index in [0.29, 0.717) is 17.7 Å². The summed E-state index contributed by atoms with van der Waals surface area (Å²) in [7, 11) is 0. The zero-order chi connectivity index (χ0) is 17.5. The molecule has 0 unspecified atom stereocenters. The molecule has 0 saturated carbocycles. The van der Waals surface area contributed by atoms with E-state index >= 15 is 0 Å². The molecule has 0 fully saturated rings. The van der Waals surface area contributed by atoms with Crippen molar-refractivity contribution < 1.29 is 14.0 Å². The molecule has 2 amide bonds. The van der Waals surface area contributed by atoms with Crippen LogP contribution in [0.3, 0.4) is 0 Å². The molecule has 6 heteroatoms. The van der Waals surface area contributed by atoms with Crippen LogP contribution in [0.5, 0.6) is 0 Å². The smallest absolute Gasteiger partial charge is 0.224 e. The van der Waals surface area contributed by atoms with Gasteiger partial charge in [-0.3, -0.25) is 9.59 Å². The van der Waals surface area contributed by atoms with E-state index in [1.807, 2.05) is 6.07 Å². The van der Waals surface area contributed by atoms with Gasteiger partial charge in [-0.15, -0.1) is 0 Å². The van der Waals surface area contributed by atoms with Crippen LogP contribution >= 0.6 is 0 Å². The van der Waals surface area contributed by atoms with Crippen LogP contribution in [0.1, 0.15) is 24.5 Å². The molecule has 2 aromatic rings. The summed E-state index contributed by atoms with van der Waals surface area (Å²) in [6.45, 7) is 1.35. The van der Waals surface area contributed by atoms with Crippen LogP contribution in [0.4, 0.5) is 15.8 Å². The lowest BCUT2D eigenvalue weighted by Crippen LogP contribution is -2.14. The molecule has 0 bridgehead atoms. The summed E-state index contributed by atoms with van der Waals surface area (Å²) in [5.74, 6) is -1.19. The molecule has 0 aliphatic heterocycles. The van der Waals surface area contributed by atoms with Crippen LogP contribution in [0, 0.1) is 17.1 Å². The zero-order valence-electron chi connectivity index (χ0n) is 13.1. The maximum absolute atomic E-state index is 13.8. The lowest BCUT2D eigenvalue weighted by Gasteiger charge is -2.09. The monoisotopic (exact) mass is 325 g/mol. The van der Waals surface area contributed by atoms with Crippen molar-refractivity contribution in [3.8, 4) is 6.07 Å². The van der Waals surface area contributed by atoms with Crippen molar-refractivity contribution in [2.75, 3.05) is 10.6 Å². The molecule has 0 radical (unpaired) electrons. The number of nitrogens with zero attached hydrogens (tertiary/aromatic N) is 1. The molecule has 0 heterocycles. The predicted molar refractivity (Wildman–Crippen MR) is 88.8 cm³/mol. The Morgan fingerprint density at radius 3 is 2.46 bits per heavy atom. The van der Waals surface area contributed by atoms with E-state index < -0.39 is 5.82 Å². The summed E-state index contributed by atoms with van der Waals surface area (Å²) in [6, 6.07) is 12.9. The second-order valence-corrected chi connectivity index (χ2v) is 5.23. The first-order valence-electron chi connectivity index (χ1n) is 7.34. The molecule has 2 aromatic carbocycles. The molecule has 0 aromatic heterocycles. The second-order valence-electron chi connectivity index (χ2n) is 5.23. The van der Waals surface area contributed by atoms with Crippen molar-refractivity contribution >= 4 is 23.2 Å². The maximum Gasteiger partial charge on any atom is 0.224 e. The van der Waals surface area contributed by atoms with Gasteiger partial charge in [0.1, 0.15) is 5.82 Å². The van der Waals surface area contributed by atoms with Gasteiger partial charge in [0.25, 0.3) is 0 Å². The van der Waals surface area contributed by atoms with Gasteiger partial charge in [-0.25, -0.2) is 4.39 Å². The van der Waals surface area contributed by atoms with Crippen LogP contribution < -0.4 is 10.6 Å². The Morgan fingerprint density at radius 1 is 1.12 bits per heavy atom. The van der Waals surface area contributed by atoms with Crippen LogP contribution in [-0.4, -0.2) is 11.8 Å². The highest BCUT2D eigenvalue weighted by molar-refractivity contribution is 5.93. The molecule has 2 rings (SSSR count). The highest BCUT2D eigenvalue weighted by Crippen LogP contribution is 2.20. The number of halogens is 1. The number of nitrogens with one attached hydrogen (secondary N) is 2. The summed E-state index contributed by atoms with van der Waals surface area (Å²) in [5, 5.41) is 13.8. The van der Waals surface area contributed by atoms with Gasteiger partial charge >= 0.3 is 0 Å². The van der Waals surface area contributed by atoms with Gasteiger partial charge in [0.05, 0.1) is 17.3 Å². The lowest BCUT2D eigenvalue weighted by atomic mass is 10.1. The van der Waals surface area contributed by atoms with Crippen molar-refractivity contribution in [2.24, 2.45) is 0 Å². The van der Waals surface area contributed by atoms with Crippen LogP contribution in [0.25, 0.3) is 0 Å². The summed E-state index contributed by atoms with van der Waals surface area (Å²) in [5.41, 5.74) is 1.90. The van der Waals surface area contributed by atoms with Gasteiger partial charge in [-0.1, -0.05) is 12.1 Å². The van der Waals surface area contributed by atoms with E-state index in [4.69, 9.17) is 5.26 Å². The Labute approximate surface area is 139 Å². The summed E-state index contributed by atoms with van der Waals surface area (Å²) >= 11 is 0. The molecule has 2 N–H and O–H groups in total. The first kappa shape index (κ1) is 17.2. The zero-order valence-corrected chi connectivity index (χ0v) is 13.1. The van der Waals surface area contributed by atoms with Crippen LogP contribution in [0.2, 0.25) is 0 Å². The SMILES string of the molecule is CC(=O)Nc1ccc(F)c(NC(=O)CCc2ccc(C#N)cc2)c1. The van der Waals surface area contributed by atoms with Gasteiger partial charge in [0.15, 0.2) is 0 Å². The number of rotatable bonds is 5. The molecule has 0 aliphatic rings. The van der Waals surface area contributed by atoms with Crippen molar-refractivity contribution in [1.82, 2.24) is 0 Å². The second kappa shape index (κ2) is 7.88. The number of carbonyl (C=O) groups is 2. The fraction of sp³-hybridized carbons (Fsp3) is 0.167. The minimum absolute atomic E-state index is 0.0195. The van der Waals surface area contributed by atoms with Crippen LogP contribution in [-0.2, 0) is 16.0 Å². The topological polar surface area (TPSA) is 82.0 Å². The number of hydrogen-bond donors (Lipinski definition) is 2. The third-order valence-electron chi connectivity index (χ3n) is 3.28. The van der Waals surface area contributed by atoms with Gasteiger partial charge in [0.2, 0.25) is 11.8 Å². The Balaban J connectivity index is 1.96. The van der Waals surface area contributed by atoms with E-state index in [-0.39, 0.29) is 23.9 Å². The van der Waals surface area contributed by atoms with E-state index in [0.717, 1.165) is 5.56 Å². The Bertz CT molecular complexity index is 795. The normalized spacial score (nSPS) is 9.88. The summed E-state index contributed by atoms with van der Waals surface area (Å²) in [4.78, 5) is 23.0. The summed E-state index contributed by atoms with van der Waals surface area (Å²) in [6.07, 6.45) is 0.653. The molecular weight excluding hydrogens is 309 g/mol. The number of nitriles is 1. The van der Waals surface area contributed by atoms with Crippen molar-refractivity contribution in [3.63, 3.8) is 0 Å². The minimum atomic E-state index is -0.573. The van der Waals surface area contributed by atoms with Crippen molar-refractivity contribution in [1.29, 1.82) is 5.26 Å². The van der Waals surface area contributed by atoms with E-state index in [1.54, 1.807) is 24.3 Å². The maximum atomic E-state index is 13.8. The molecule has 0 atom stereocenters. The lowest BCUT2D eigenvalue weighted by molar-refractivity contribution is -0.116. The van der Waals surface area contributed by atoms with E-state index in [2.05, 4.69) is 10.6 Å². The highest BCUT2D eigenvalue weighted by atomic mass is 19.1. The third kappa shape index (κ3) is 4.92. The average Bonchev–Trinajstić information content (AvgIpc) is 2.56. The number of carbonyl (C=O) groups excluding carboxylic acids is 2. The largest absolute Gasteiger partial charge is 0.326 e. The number of aryl methyl sites for hydroxylation is 1. The highest BCUT2D eigenvalue weighted by Gasteiger charge is 2.09. The van der Waals surface area contributed by atoms with Gasteiger partial charge in [0, 0.05) is 19.0 Å². The van der Waals surface area contributed by atoms with Crippen molar-refractivity contribution in [2.45, 2.75) is 19.8 Å². The van der Waals surface area contributed by atoms with Gasteiger partial charge in [-0.2, -0.15) is 5.26 Å². The molecule has 0 aliphatic carbocycles. The number of benzene rings is 2. The van der Waals surface area contributed by atoms with Gasteiger partial charge in [-0.05, 0) is 42.3 Å². The quantitative estimate of drug-likeness (QED) is 0.885. The molecule has 24 heavy (non-hydrogen) atoms. The van der Waals surface area contributed by atoms with Gasteiger partial charge < -0.3 is 10.6 Å². The van der Waals surface area contributed by atoms with Crippen LogP contribution in [0.15, 0.2) is 42.5 Å². The number of hydrogen-bond acceptors (Lipinski definition) is 3. The average molecular weight is 325 g/mol. The first-order valence-corrected chi connectivity index (χ1v) is 7.34. The van der Waals surface area contributed by atoms with E-state index in [9.17, 15) is 14.0 Å². The molecule has 0 spiro atoms. The molecule has 0 saturated heterocycles. The standard InChI is InChI=1S/C18H16FN3O2/c1-12(23)21-15-7-8-16(19)17(10-15)22-18(24)9-6-13-2-4-14(11-20)5-3-13/h2-5,7-8,10H,6,9H2,1H3,(H,21,23)(H,22,24). The molecule has 122 valence electrons. The number of amides is 2. The Morgan fingerprint density at radius 2 is 1.83 bits per heavy atom. The Hall–Kier alpha value is -3.20. The molecular formula is C18H16FN3O2. The predicted octanol–water partition coefficient (Wildman–Crippen LogP) is 3.23. The Kier molecular flexibility index (Phi) is 5.63.